The highest BCUT2D eigenvalue weighted by Gasteiger charge is 2.12. The third-order valence-corrected chi connectivity index (χ3v) is 3.76. The molecule has 18 heavy (non-hydrogen) atoms. The van der Waals surface area contributed by atoms with E-state index in [1.165, 1.54) is 38.0 Å². The predicted octanol–water partition coefficient (Wildman–Crippen LogP) is 2.36. The number of aromatic nitrogens is 2. The molecule has 0 amide bonds. The summed E-state index contributed by atoms with van der Waals surface area (Å²) in [5.74, 6) is 0.884. The van der Waals surface area contributed by atoms with E-state index in [0.717, 1.165) is 23.5 Å². The van der Waals surface area contributed by atoms with E-state index < -0.39 is 0 Å². The summed E-state index contributed by atoms with van der Waals surface area (Å²) in [4.78, 5) is 7.36. The van der Waals surface area contributed by atoms with Crippen molar-refractivity contribution in [1.29, 1.82) is 0 Å². The molecule has 0 unspecified atom stereocenters. The molecule has 4 nitrogen and oxygen atoms in total. The second-order valence-electron chi connectivity index (χ2n) is 5.04. The van der Waals surface area contributed by atoms with Crippen molar-refractivity contribution >= 4 is 16.7 Å². The van der Waals surface area contributed by atoms with Gasteiger partial charge in [0.15, 0.2) is 0 Å². The van der Waals surface area contributed by atoms with Crippen LogP contribution in [0.25, 0.3) is 11.0 Å². The number of hydrogen-bond acceptors (Lipinski definition) is 3. The second-order valence-corrected chi connectivity index (χ2v) is 5.04. The van der Waals surface area contributed by atoms with Crippen molar-refractivity contribution in [1.82, 2.24) is 15.3 Å². The number of nitrogens with one attached hydrogen (secondary N) is 3. The Kier molecular flexibility index (Phi) is 3.46. The van der Waals surface area contributed by atoms with Crippen molar-refractivity contribution < 1.29 is 0 Å². The zero-order valence-electron chi connectivity index (χ0n) is 10.6. The van der Waals surface area contributed by atoms with Gasteiger partial charge in [-0.05, 0) is 56.5 Å². The van der Waals surface area contributed by atoms with E-state index in [-0.39, 0.29) is 0 Å². The number of imidazole rings is 1. The molecule has 0 bridgehead atoms. The second kappa shape index (κ2) is 5.40. The normalized spacial score (nSPS) is 17.1. The van der Waals surface area contributed by atoms with Gasteiger partial charge in [0.25, 0.3) is 0 Å². The van der Waals surface area contributed by atoms with Crippen LogP contribution in [0.4, 0.5) is 5.69 Å². The van der Waals surface area contributed by atoms with E-state index in [1.807, 2.05) is 0 Å². The van der Waals surface area contributed by atoms with E-state index in [9.17, 15) is 0 Å². The van der Waals surface area contributed by atoms with Gasteiger partial charge in [-0.3, -0.25) is 0 Å². The summed E-state index contributed by atoms with van der Waals surface area (Å²) in [7, 11) is 0. The first-order chi connectivity index (χ1) is 8.92. The molecule has 2 heterocycles. The molecule has 1 saturated heterocycles. The first-order valence-corrected chi connectivity index (χ1v) is 6.79. The number of anilines is 1. The van der Waals surface area contributed by atoms with Crippen LogP contribution in [0, 0.1) is 5.92 Å². The van der Waals surface area contributed by atoms with Crippen LogP contribution in [0.1, 0.15) is 19.3 Å². The highest BCUT2D eigenvalue weighted by Crippen LogP contribution is 2.18. The fraction of sp³-hybridized carbons (Fsp3) is 0.500. The molecule has 4 heteroatoms. The quantitative estimate of drug-likeness (QED) is 0.774. The number of aromatic amines is 1. The highest BCUT2D eigenvalue weighted by molar-refractivity contribution is 5.78. The van der Waals surface area contributed by atoms with Crippen LogP contribution in [-0.2, 0) is 0 Å². The van der Waals surface area contributed by atoms with Gasteiger partial charge in [-0.1, -0.05) is 0 Å². The Morgan fingerprint density at radius 1 is 1.28 bits per heavy atom. The van der Waals surface area contributed by atoms with Gasteiger partial charge in [0.2, 0.25) is 0 Å². The average molecular weight is 244 g/mol. The molecule has 0 atom stereocenters. The Hall–Kier alpha value is -1.55. The van der Waals surface area contributed by atoms with Crippen LogP contribution in [0.3, 0.4) is 0 Å². The minimum Gasteiger partial charge on any atom is -0.385 e. The zero-order valence-corrected chi connectivity index (χ0v) is 10.6. The molecule has 0 spiro atoms. The van der Waals surface area contributed by atoms with Crippen LogP contribution in [0.15, 0.2) is 24.5 Å². The molecule has 1 aromatic carbocycles. The molecule has 96 valence electrons. The van der Waals surface area contributed by atoms with Gasteiger partial charge < -0.3 is 15.6 Å². The van der Waals surface area contributed by atoms with E-state index in [0.29, 0.717) is 0 Å². The fourth-order valence-corrected chi connectivity index (χ4v) is 2.64. The van der Waals surface area contributed by atoms with Gasteiger partial charge in [-0.25, -0.2) is 4.98 Å². The van der Waals surface area contributed by atoms with Crippen molar-refractivity contribution in [2.24, 2.45) is 5.92 Å². The number of piperidine rings is 1. The third-order valence-electron chi connectivity index (χ3n) is 3.76. The summed E-state index contributed by atoms with van der Waals surface area (Å²) in [5.41, 5.74) is 3.31. The van der Waals surface area contributed by atoms with Gasteiger partial charge in [-0.15, -0.1) is 0 Å². The number of H-pyrrole nitrogens is 1. The molecule has 0 saturated carbocycles. The number of rotatable bonds is 4. The van der Waals surface area contributed by atoms with Gasteiger partial charge in [-0.2, -0.15) is 0 Å². The van der Waals surface area contributed by atoms with Crippen molar-refractivity contribution in [3.63, 3.8) is 0 Å². The SMILES string of the molecule is c1nc2ccc(NCCC3CCNCC3)cc2[nH]1. The topological polar surface area (TPSA) is 52.7 Å². The fourth-order valence-electron chi connectivity index (χ4n) is 2.64. The molecular weight excluding hydrogens is 224 g/mol. The Morgan fingerprint density at radius 3 is 3.06 bits per heavy atom. The van der Waals surface area contributed by atoms with E-state index in [2.05, 4.69) is 38.8 Å². The molecule has 0 aliphatic carbocycles. The molecule has 1 aromatic heterocycles. The lowest BCUT2D eigenvalue weighted by molar-refractivity contribution is 0.361. The van der Waals surface area contributed by atoms with Gasteiger partial charge >= 0.3 is 0 Å². The lowest BCUT2D eigenvalue weighted by Gasteiger charge is -2.22. The largest absolute Gasteiger partial charge is 0.385 e. The smallest absolute Gasteiger partial charge is 0.0931 e. The summed E-state index contributed by atoms with van der Waals surface area (Å²) in [6.07, 6.45) is 5.65. The van der Waals surface area contributed by atoms with E-state index in [4.69, 9.17) is 0 Å². The van der Waals surface area contributed by atoms with E-state index >= 15 is 0 Å². The number of fused-ring (bicyclic) bond motifs is 1. The Balaban J connectivity index is 1.52. The first-order valence-electron chi connectivity index (χ1n) is 6.79. The van der Waals surface area contributed by atoms with Gasteiger partial charge in [0.1, 0.15) is 0 Å². The number of hydrogen-bond donors (Lipinski definition) is 3. The monoisotopic (exact) mass is 244 g/mol. The summed E-state index contributed by atoms with van der Waals surface area (Å²) >= 11 is 0. The minimum atomic E-state index is 0.884. The van der Waals surface area contributed by atoms with Gasteiger partial charge in [0.05, 0.1) is 17.4 Å². The number of benzene rings is 1. The zero-order chi connectivity index (χ0) is 12.2. The van der Waals surface area contributed by atoms with Crippen molar-refractivity contribution in [3.8, 4) is 0 Å². The van der Waals surface area contributed by atoms with E-state index in [1.54, 1.807) is 6.33 Å². The maximum Gasteiger partial charge on any atom is 0.0931 e. The molecule has 3 N–H and O–H groups in total. The third kappa shape index (κ3) is 2.64. The highest BCUT2D eigenvalue weighted by atomic mass is 14.9. The molecule has 1 fully saturated rings. The standard InChI is InChI=1S/C14H20N4/c1-2-13-14(18-10-17-13)9-12(1)16-8-5-11-3-6-15-7-4-11/h1-2,9-11,15-16H,3-8H2,(H,17,18). The maximum atomic E-state index is 4.22. The Labute approximate surface area is 107 Å². The van der Waals surface area contributed by atoms with Crippen molar-refractivity contribution in [3.05, 3.63) is 24.5 Å². The minimum absolute atomic E-state index is 0.884. The molecule has 0 radical (unpaired) electrons. The summed E-state index contributed by atoms with van der Waals surface area (Å²) in [5, 5.41) is 6.91. The molecular formula is C14H20N4. The Bertz CT molecular complexity index is 499. The Morgan fingerprint density at radius 2 is 2.17 bits per heavy atom. The summed E-state index contributed by atoms with van der Waals surface area (Å²) < 4.78 is 0. The lowest BCUT2D eigenvalue weighted by atomic mass is 9.95. The van der Waals surface area contributed by atoms with Crippen LogP contribution >= 0.6 is 0 Å². The first kappa shape index (κ1) is 11.5. The van der Waals surface area contributed by atoms with Crippen LogP contribution in [0.2, 0.25) is 0 Å². The van der Waals surface area contributed by atoms with Crippen molar-refractivity contribution in [2.45, 2.75) is 19.3 Å². The van der Waals surface area contributed by atoms with Crippen LogP contribution in [0.5, 0.6) is 0 Å². The molecule has 1 aliphatic rings. The molecule has 1 aliphatic heterocycles. The molecule has 3 rings (SSSR count). The van der Waals surface area contributed by atoms with Gasteiger partial charge in [0, 0.05) is 12.2 Å². The van der Waals surface area contributed by atoms with Crippen molar-refractivity contribution in [2.75, 3.05) is 25.0 Å². The van der Waals surface area contributed by atoms with Crippen LogP contribution < -0.4 is 10.6 Å². The maximum absolute atomic E-state index is 4.22. The predicted molar refractivity (Wildman–Crippen MR) is 74.8 cm³/mol. The number of nitrogens with zero attached hydrogens (tertiary/aromatic N) is 1. The lowest BCUT2D eigenvalue weighted by Crippen LogP contribution is -2.28. The summed E-state index contributed by atoms with van der Waals surface area (Å²) in [6.45, 7) is 3.43. The average Bonchev–Trinajstić information content (AvgIpc) is 2.87. The molecule has 2 aromatic rings. The van der Waals surface area contributed by atoms with Crippen LogP contribution in [-0.4, -0.2) is 29.6 Å². The summed E-state index contributed by atoms with van der Waals surface area (Å²) in [6, 6.07) is 6.29.